The van der Waals surface area contributed by atoms with Crippen LogP contribution in [-0.4, -0.2) is 29.5 Å². The Labute approximate surface area is 46.4 Å². The first-order valence-electron chi connectivity index (χ1n) is 2.88. The fourth-order valence-electron chi connectivity index (χ4n) is 1.79. The number of hydrogen-bond acceptors (Lipinski definition) is 3. The first kappa shape index (κ1) is 3.82. The van der Waals surface area contributed by atoms with Gasteiger partial charge in [-0.15, -0.1) is 0 Å². The maximum absolute atomic E-state index is 9.02. The molecule has 0 aromatic heterocycles. The summed E-state index contributed by atoms with van der Waals surface area (Å²) in [5.41, 5.74) is 5.58. The zero-order chi connectivity index (χ0) is 5.52. The molecule has 1 spiro atoms. The highest BCUT2D eigenvalue weighted by Crippen LogP contribution is 2.77. The lowest BCUT2D eigenvalue weighted by molar-refractivity contribution is 0.147. The molecule has 8 heavy (non-hydrogen) atoms. The molecular weight excluding hydrogens is 106 g/mol. The third-order valence-electron chi connectivity index (χ3n) is 2.69. The molecule has 4 atom stereocenters. The fraction of sp³-hybridized carbons (Fsp3) is 1.00. The Morgan fingerprint density at radius 2 is 2.00 bits per heavy atom. The van der Waals surface area contributed by atoms with Crippen molar-refractivity contribution in [3.8, 4) is 0 Å². The van der Waals surface area contributed by atoms with Crippen LogP contribution in [0.5, 0.6) is 0 Å². The van der Waals surface area contributed by atoms with Crippen molar-refractivity contribution in [1.29, 1.82) is 0 Å². The largest absolute Gasteiger partial charge is 0.391 e. The summed E-state index contributed by atoms with van der Waals surface area (Å²) in [6.07, 6.45) is 0.464. The van der Waals surface area contributed by atoms with Gasteiger partial charge in [0, 0.05) is 6.04 Å². The van der Waals surface area contributed by atoms with Crippen molar-refractivity contribution in [2.24, 2.45) is 11.1 Å². The second-order valence-corrected chi connectivity index (χ2v) is 2.95. The zero-order valence-electron chi connectivity index (χ0n) is 4.24. The molecule has 0 aromatic rings. The number of aliphatic hydroxyl groups excluding tert-OH is 1. The topological polar surface area (TPSA) is 58.8 Å². The third-order valence-corrected chi connectivity index (χ3v) is 2.69. The van der Waals surface area contributed by atoms with Gasteiger partial charge in [0.15, 0.2) is 0 Å². The minimum atomic E-state index is -0.244. The minimum Gasteiger partial charge on any atom is -0.391 e. The van der Waals surface area contributed by atoms with Crippen molar-refractivity contribution in [3.05, 3.63) is 0 Å². The minimum absolute atomic E-state index is 0.0336. The molecule has 3 N–H and O–H groups in total. The summed E-state index contributed by atoms with van der Waals surface area (Å²) in [6.45, 7) is 0. The van der Waals surface area contributed by atoms with Crippen LogP contribution in [0.25, 0.3) is 0 Å². The highest BCUT2D eigenvalue weighted by atomic mass is 16.6. The van der Waals surface area contributed by atoms with E-state index in [1.54, 1.807) is 0 Å². The van der Waals surface area contributed by atoms with Gasteiger partial charge >= 0.3 is 0 Å². The molecule has 1 heterocycles. The van der Waals surface area contributed by atoms with Gasteiger partial charge in [0.05, 0.1) is 23.7 Å². The summed E-state index contributed by atoms with van der Waals surface area (Å²) in [5, 5.41) is 9.02. The number of epoxide rings is 1. The number of rotatable bonds is 0. The summed E-state index contributed by atoms with van der Waals surface area (Å²) in [6, 6.07) is 0.0336. The van der Waals surface area contributed by atoms with Crippen LogP contribution >= 0.6 is 0 Å². The summed E-state index contributed by atoms with van der Waals surface area (Å²) in [4.78, 5) is 0. The molecule has 0 bridgehead atoms. The van der Waals surface area contributed by atoms with Crippen LogP contribution < -0.4 is 5.73 Å². The second kappa shape index (κ2) is 0.667. The van der Waals surface area contributed by atoms with Gasteiger partial charge in [0.25, 0.3) is 0 Å². The molecule has 2 aliphatic carbocycles. The first-order valence-corrected chi connectivity index (χ1v) is 2.88. The number of ether oxygens (including phenoxy) is 1. The average Bonchev–Trinajstić information content (AvgIpc) is 2.43. The first-order chi connectivity index (χ1) is 3.79. The Balaban J connectivity index is 1.96. The van der Waals surface area contributed by atoms with E-state index in [0.29, 0.717) is 12.2 Å². The number of hydrogen-bond donors (Lipinski definition) is 2. The Bertz CT molecular complexity index is 152. The Hall–Kier alpha value is -0.120. The van der Waals surface area contributed by atoms with Gasteiger partial charge in [0.1, 0.15) is 0 Å². The lowest BCUT2D eigenvalue weighted by atomic mass is 10.3. The molecule has 3 rings (SSSR count). The maximum Gasteiger partial charge on any atom is 0.0973 e. The molecule has 0 aromatic carbocycles. The molecule has 1 saturated heterocycles. The molecule has 1 aliphatic heterocycles. The number of aliphatic hydroxyl groups is 1. The molecule has 44 valence electrons. The zero-order valence-corrected chi connectivity index (χ0v) is 4.24. The van der Waals surface area contributed by atoms with Crippen molar-refractivity contribution >= 4 is 0 Å². The van der Waals surface area contributed by atoms with Gasteiger partial charge in [0.2, 0.25) is 0 Å². The summed E-state index contributed by atoms with van der Waals surface area (Å²) < 4.78 is 4.98. The Morgan fingerprint density at radius 1 is 1.50 bits per heavy atom. The van der Waals surface area contributed by atoms with Crippen LogP contribution in [-0.2, 0) is 4.74 Å². The highest BCUT2D eigenvalue weighted by Gasteiger charge is 2.95. The maximum atomic E-state index is 9.02. The van der Waals surface area contributed by atoms with E-state index in [4.69, 9.17) is 15.6 Å². The van der Waals surface area contributed by atoms with E-state index in [0.717, 1.165) is 0 Å². The average molecular weight is 113 g/mol. The Morgan fingerprint density at radius 3 is 2.00 bits per heavy atom. The van der Waals surface area contributed by atoms with Crippen molar-refractivity contribution in [2.45, 2.75) is 24.4 Å². The standard InChI is InChI=1S/C5H7NO2/c6-1-2(7)5(1)3-4(5)8-3/h1-4,7H,6H2. The van der Waals surface area contributed by atoms with Crippen LogP contribution in [0.2, 0.25) is 0 Å². The molecule has 2 saturated carbocycles. The highest BCUT2D eigenvalue weighted by molar-refractivity contribution is 5.44. The molecule has 0 amide bonds. The van der Waals surface area contributed by atoms with Crippen LogP contribution in [0.4, 0.5) is 0 Å². The van der Waals surface area contributed by atoms with Crippen molar-refractivity contribution in [1.82, 2.24) is 0 Å². The van der Waals surface area contributed by atoms with Crippen LogP contribution in [0.3, 0.4) is 0 Å². The van der Waals surface area contributed by atoms with Crippen LogP contribution in [0.15, 0.2) is 0 Å². The van der Waals surface area contributed by atoms with E-state index in [1.165, 1.54) is 0 Å². The molecular formula is C5H7NO2. The molecule has 3 aliphatic rings. The van der Waals surface area contributed by atoms with Crippen LogP contribution in [0, 0.1) is 5.41 Å². The van der Waals surface area contributed by atoms with E-state index in [9.17, 15) is 0 Å². The Kier molecular flexibility index (Phi) is 0.319. The summed E-state index contributed by atoms with van der Waals surface area (Å²) in [5.74, 6) is 0. The van der Waals surface area contributed by atoms with Gasteiger partial charge in [-0.3, -0.25) is 0 Å². The molecule has 0 radical (unpaired) electrons. The van der Waals surface area contributed by atoms with Gasteiger partial charge in [-0.2, -0.15) is 0 Å². The molecule has 3 fully saturated rings. The summed E-state index contributed by atoms with van der Waals surface area (Å²) >= 11 is 0. The number of fused-ring (bicyclic) bond motifs is 3. The number of nitrogens with two attached hydrogens (primary N) is 1. The lowest BCUT2D eigenvalue weighted by Crippen LogP contribution is -2.09. The molecule has 3 heteroatoms. The van der Waals surface area contributed by atoms with Gasteiger partial charge in [-0.1, -0.05) is 0 Å². The second-order valence-electron chi connectivity index (χ2n) is 2.95. The molecule has 3 nitrogen and oxygen atoms in total. The van der Waals surface area contributed by atoms with Crippen LogP contribution in [0.1, 0.15) is 0 Å². The van der Waals surface area contributed by atoms with Crippen molar-refractivity contribution in [2.75, 3.05) is 0 Å². The smallest absolute Gasteiger partial charge is 0.0973 e. The lowest BCUT2D eigenvalue weighted by Gasteiger charge is -1.93. The van der Waals surface area contributed by atoms with Gasteiger partial charge in [-0.25, -0.2) is 0 Å². The summed E-state index contributed by atoms with van der Waals surface area (Å²) in [7, 11) is 0. The fourth-order valence-corrected chi connectivity index (χ4v) is 1.79. The third kappa shape index (κ3) is 0.157. The predicted octanol–water partition coefficient (Wildman–Crippen LogP) is -1.54. The van der Waals surface area contributed by atoms with E-state index in [2.05, 4.69) is 0 Å². The van der Waals surface area contributed by atoms with Crippen molar-refractivity contribution < 1.29 is 9.84 Å². The van der Waals surface area contributed by atoms with E-state index in [1.807, 2.05) is 0 Å². The quantitative estimate of drug-likeness (QED) is 0.374. The monoisotopic (exact) mass is 113 g/mol. The van der Waals surface area contributed by atoms with E-state index >= 15 is 0 Å². The van der Waals surface area contributed by atoms with Crippen molar-refractivity contribution in [3.63, 3.8) is 0 Å². The predicted molar refractivity (Wildman–Crippen MR) is 25.1 cm³/mol. The normalized spacial score (nSPS) is 81.8. The SMILES string of the molecule is NC1C(O)C12C1OC12. The van der Waals surface area contributed by atoms with Gasteiger partial charge < -0.3 is 15.6 Å². The van der Waals surface area contributed by atoms with Gasteiger partial charge in [-0.05, 0) is 0 Å². The van der Waals surface area contributed by atoms with E-state index in [-0.39, 0.29) is 17.6 Å². The molecule has 4 unspecified atom stereocenters. The van der Waals surface area contributed by atoms with E-state index < -0.39 is 0 Å².